The zero-order valence-electron chi connectivity index (χ0n) is 19.4. The first-order valence-corrected chi connectivity index (χ1v) is 13.3. The summed E-state index contributed by atoms with van der Waals surface area (Å²) >= 11 is 0.775. The summed E-state index contributed by atoms with van der Waals surface area (Å²) in [6.45, 7) is 6.30. The lowest BCUT2D eigenvalue weighted by atomic mass is 10.1. The minimum atomic E-state index is -3.57. The van der Waals surface area contributed by atoms with Gasteiger partial charge >= 0.3 is 0 Å². The summed E-state index contributed by atoms with van der Waals surface area (Å²) in [5, 5.41) is 13.5. The molecule has 0 radical (unpaired) electrons. The number of hydrogen-bond donors (Lipinski definition) is 1. The Balaban J connectivity index is 1.39. The predicted molar refractivity (Wildman–Crippen MR) is 138 cm³/mol. The van der Waals surface area contributed by atoms with E-state index < -0.39 is 15.7 Å². The van der Waals surface area contributed by atoms with Crippen LogP contribution in [0, 0.1) is 19.3 Å². The van der Waals surface area contributed by atoms with E-state index in [-0.39, 0.29) is 26.7 Å². The fraction of sp³-hybridized carbons (Fsp3) is 0.250. The van der Waals surface area contributed by atoms with E-state index >= 15 is 0 Å². The van der Waals surface area contributed by atoms with Crippen molar-refractivity contribution in [2.45, 2.75) is 20.8 Å². The summed E-state index contributed by atoms with van der Waals surface area (Å²) < 4.78 is 35.5. The van der Waals surface area contributed by atoms with Crippen LogP contribution in [0.2, 0.25) is 0 Å². The molecule has 0 fully saturated rings. The molecule has 0 saturated carbocycles. The van der Waals surface area contributed by atoms with Crippen LogP contribution in [-0.2, 0) is 14.6 Å². The van der Waals surface area contributed by atoms with Gasteiger partial charge in [0.25, 0.3) is 5.91 Å². The number of ether oxygens (including phenoxy) is 2. The van der Waals surface area contributed by atoms with Gasteiger partial charge in [-0.15, -0.1) is 5.10 Å². The van der Waals surface area contributed by atoms with E-state index in [9.17, 15) is 13.2 Å². The van der Waals surface area contributed by atoms with Crippen molar-refractivity contribution in [1.82, 2.24) is 5.01 Å². The van der Waals surface area contributed by atoms with Crippen molar-refractivity contribution in [3.05, 3.63) is 64.7 Å². The molecule has 0 aliphatic carbocycles. The number of sulfone groups is 1. The van der Waals surface area contributed by atoms with E-state index in [4.69, 9.17) is 14.9 Å². The summed E-state index contributed by atoms with van der Waals surface area (Å²) in [5.41, 5.74) is 2.95. The highest BCUT2D eigenvalue weighted by molar-refractivity contribution is 8.42. The summed E-state index contributed by atoms with van der Waals surface area (Å²) in [6.07, 6.45) is 1.52. The molecule has 0 unspecified atom stereocenters. The molecule has 9 nitrogen and oxygen atoms in total. The fourth-order valence-electron chi connectivity index (χ4n) is 3.39. The molecule has 1 amide bonds. The fourth-order valence-corrected chi connectivity index (χ4v) is 5.55. The molecule has 11 heteroatoms. The second-order valence-corrected chi connectivity index (χ2v) is 11.3. The third kappa shape index (κ3) is 5.63. The van der Waals surface area contributed by atoms with Crippen molar-refractivity contribution in [2.24, 2.45) is 10.1 Å². The Bertz CT molecular complexity index is 1360. The number of carbonyl (C=O) groups is 1. The lowest BCUT2D eigenvalue weighted by Crippen LogP contribution is -2.35. The van der Waals surface area contributed by atoms with E-state index in [0.717, 1.165) is 33.6 Å². The van der Waals surface area contributed by atoms with Crippen LogP contribution in [0.25, 0.3) is 6.08 Å². The van der Waals surface area contributed by atoms with Gasteiger partial charge in [-0.05, 0) is 72.6 Å². The van der Waals surface area contributed by atoms with Crippen molar-refractivity contribution in [3.8, 4) is 11.5 Å². The van der Waals surface area contributed by atoms with Crippen LogP contribution in [0.15, 0.2) is 58.1 Å². The minimum absolute atomic E-state index is 0.0174. The Morgan fingerprint density at radius 3 is 2.29 bits per heavy atom. The van der Waals surface area contributed by atoms with Crippen molar-refractivity contribution >= 4 is 49.0 Å². The first-order valence-electron chi connectivity index (χ1n) is 10.8. The monoisotopic (exact) mass is 512 g/mol. The molecule has 2 aromatic carbocycles. The Kier molecular flexibility index (Phi) is 7.08. The van der Waals surface area contributed by atoms with Crippen LogP contribution < -0.4 is 9.47 Å². The van der Waals surface area contributed by atoms with Crippen LogP contribution in [0.4, 0.5) is 0 Å². The first kappa shape index (κ1) is 24.7. The Labute approximate surface area is 208 Å². The third-order valence-electron chi connectivity index (χ3n) is 5.09. The van der Waals surface area contributed by atoms with Crippen LogP contribution in [-0.4, -0.2) is 53.7 Å². The number of hydrazone groups is 1. The SMILES string of the molecule is CCS(=O)(=O)C1=NN2C(=N)/C(=C/c3ccc(OCCOc4cc(C)cc(C)c4)cc3)C(=O)N=C2S1. The number of aryl methyl sites for hydroxylation is 2. The smallest absolute Gasteiger partial charge is 0.283 e. The summed E-state index contributed by atoms with van der Waals surface area (Å²) in [4.78, 5) is 16.4. The number of thioether (sulfide) groups is 1. The molecule has 35 heavy (non-hydrogen) atoms. The minimum Gasteiger partial charge on any atom is -0.490 e. The molecule has 2 aliphatic rings. The lowest BCUT2D eigenvalue weighted by Gasteiger charge is -2.20. The van der Waals surface area contributed by atoms with Crippen LogP contribution in [0.1, 0.15) is 23.6 Å². The highest BCUT2D eigenvalue weighted by atomic mass is 32.3. The summed E-state index contributed by atoms with van der Waals surface area (Å²) in [7, 11) is -3.57. The number of nitrogens with zero attached hydrogens (tertiary/aromatic N) is 3. The summed E-state index contributed by atoms with van der Waals surface area (Å²) in [6, 6.07) is 13.0. The molecular formula is C24H24N4O5S2. The highest BCUT2D eigenvalue weighted by Gasteiger charge is 2.39. The molecule has 2 aromatic rings. The molecular weight excluding hydrogens is 488 g/mol. The Morgan fingerprint density at radius 1 is 1.03 bits per heavy atom. The van der Waals surface area contributed by atoms with Gasteiger partial charge in [0.1, 0.15) is 24.7 Å². The highest BCUT2D eigenvalue weighted by Crippen LogP contribution is 2.30. The number of carbonyl (C=O) groups excluding carboxylic acids is 1. The molecule has 182 valence electrons. The van der Waals surface area contributed by atoms with Gasteiger partial charge in [-0.2, -0.15) is 10.0 Å². The number of rotatable bonds is 7. The molecule has 2 aliphatic heterocycles. The predicted octanol–water partition coefficient (Wildman–Crippen LogP) is 3.77. The Hall–Kier alpha value is -3.44. The number of aliphatic imine (C=N–C) groups is 1. The van der Waals surface area contributed by atoms with Gasteiger partial charge in [-0.3, -0.25) is 10.2 Å². The molecule has 1 N–H and O–H groups in total. The summed E-state index contributed by atoms with van der Waals surface area (Å²) in [5.74, 6) is 0.464. The van der Waals surface area contributed by atoms with Crippen molar-refractivity contribution in [2.75, 3.05) is 19.0 Å². The van der Waals surface area contributed by atoms with Gasteiger partial charge in [0.05, 0.1) is 11.3 Å². The van der Waals surface area contributed by atoms with Gasteiger partial charge in [0.2, 0.25) is 19.4 Å². The number of nitrogens with one attached hydrogen (secondary N) is 1. The standard InChI is InChI=1S/C24H24N4O5S2/c1-4-35(30,31)24-27-28-21(25)20(22(29)26-23(28)34-24)14-17-5-7-18(8-6-17)32-9-10-33-19-12-15(2)11-16(3)13-19/h5-8,11-14,25H,4,9-10H2,1-3H3/b20-14-,25-21?. The number of hydrogen-bond acceptors (Lipinski definition) is 8. The maximum atomic E-state index is 12.5. The van der Waals surface area contributed by atoms with Crippen molar-refractivity contribution in [1.29, 1.82) is 5.41 Å². The largest absolute Gasteiger partial charge is 0.490 e. The van der Waals surface area contributed by atoms with E-state index in [1.54, 1.807) is 24.3 Å². The normalized spacial score (nSPS) is 16.8. The van der Waals surface area contributed by atoms with Gasteiger partial charge < -0.3 is 9.47 Å². The number of amidine groups is 2. The number of fused-ring (bicyclic) bond motifs is 1. The van der Waals surface area contributed by atoms with Crippen LogP contribution in [0.3, 0.4) is 0 Å². The van der Waals surface area contributed by atoms with E-state index in [2.05, 4.69) is 16.2 Å². The molecule has 0 bridgehead atoms. The van der Waals surface area contributed by atoms with E-state index in [0.29, 0.717) is 24.5 Å². The molecule has 0 spiro atoms. The van der Waals surface area contributed by atoms with Gasteiger partial charge in [0.15, 0.2) is 5.84 Å². The Morgan fingerprint density at radius 2 is 1.66 bits per heavy atom. The van der Waals surface area contributed by atoms with Gasteiger partial charge in [0, 0.05) is 0 Å². The van der Waals surface area contributed by atoms with Gasteiger partial charge in [-0.25, -0.2) is 8.42 Å². The van der Waals surface area contributed by atoms with E-state index in [1.165, 1.54) is 13.0 Å². The number of amides is 1. The molecule has 0 atom stereocenters. The maximum Gasteiger partial charge on any atom is 0.283 e. The molecule has 2 heterocycles. The maximum absolute atomic E-state index is 12.5. The average molecular weight is 513 g/mol. The zero-order chi connectivity index (χ0) is 25.2. The lowest BCUT2D eigenvalue weighted by molar-refractivity contribution is -0.114. The second-order valence-electron chi connectivity index (χ2n) is 7.88. The quantitative estimate of drug-likeness (QED) is 0.443. The second kappa shape index (κ2) is 10.0. The molecule has 4 rings (SSSR count). The molecule has 0 saturated heterocycles. The van der Waals surface area contributed by atoms with Crippen molar-refractivity contribution < 1.29 is 22.7 Å². The third-order valence-corrected chi connectivity index (χ3v) is 8.18. The van der Waals surface area contributed by atoms with Gasteiger partial charge in [-0.1, -0.05) is 25.1 Å². The zero-order valence-corrected chi connectivity index (χ0v) is 21.1. The topological polar surface area (TPSA) is 121 Å². The average Bonchev–Trinajstić information content (AvgIpc) is 3.25. The number of benzene rings is 2. The first-order chi connectivity index (χ1) is 16.7. The van der Waals surface area contributed by atoms with Crippen LogP contribution in [0.5, 0.6) is 11.5 Å². The van der Waals surface area contributed by atoms with Crippen LogP contribution >= 0.6 is 11.8 Å². The molecule has 0 aromatic heterocycles. The van der Waals surface area contributed by atoms with Crippen molar-refractivity contribution in [3.63, 3.8) is 0 Å². The van der Waals surface area contributed by atoms with E-state index in [1.807, 2.05) is 26.0 Å².